The van der Waals surface area contributed by atoms with Crippen LogP contribution in [0.4, 0.5) is 21.9 Å². The fourth-order valence-corrected chi connectivity index (χ4v) is 6.02. The highest BCUT2D eigenvalue weighted by molar-refractivity contribution is 7.92. The Morgan fingerprint density at radius 2 is 1.59 bits per heavy atom. The van der Waals surface area contributed by atoms with E-state index in [1.165, 1.54) is 13.2 Å². The van der Waals surface area contributed by atoms with E-state index in [4.69, 9.17) is 21.1 Å². The molecule has 0 aliphatic rings. The van der Waals surface area contributed by atoms with E-state index in [-0.39, 0.29) is 33.1 Å². The van der Waals surface area contributed by atoms with E-state index in [0.29, 0.717) is 34.7 Å². The summed E-state index contributed by atoms with van der Waals surface area (Å²) < 4.78 is 38.5. The van der Waals surface area contributed by atoms with Gasteiger partial charge < -0.3 is 25.2 Å². The lowest BCUT2D eigenvalue weighted by Crippen LogP contribution is -2.22. The molecule has 1 aromatic heterocycles. The third-order valence-corrected chi connectivity index (χ3v) is 8.40. The van der Waals surface area contributed by atoms with Crippen molar-refractivity contribution < 1.29 is 32.6 Å². The third-order valence-electron chi connectivity index (χ3n) is 7.50. The second kappa shape index (κ2) is 14.0. The lowest BCUT2D eigenvalue weighted by molar-refractivity contribution is 0.0697. The van der Waals surface area contributed by atoms with Crippen molar-refractivity contribution in [3.05, 3.63) is 112 Å². The van der Waals surface area contributed by atoms with Crippen LogP contribution >= 0.6 is 11.6 Å². The summed E-state index contributed by atoms with van der Waals surface area (Å²) >= 11 is 6.15. The van der Waals surface area contributed by atoms with Crippen LogP contribution in [-0.2, 0) is 21.9 Å². The second-order valence-corrected chi connectivity index (χ2v) is 14.5. The van der Waals surface area contributed by atoms with E-state index in [1.807, 2.05) is 45.0 Å². The number of methoxy groups -OCH3 is 1. The van der Waals surface area contributed by atoms with Crippen LogP contribution in [0.2, 0.25) is 5.02 Å². The summed E-state index contributed by atoms with van der Waals surface area (Å²) in [7, 11) is -2.24. The number of aromatic carboxylic acids is 1. The van der Waals surface area contributed by atoms with Gasteiger partial charge in [0.2, 0.25) is 10.0 Å². The standard InChI is InChI=1S/C36H35ClN4O7S/c1-36(2,3)22-18-30(33(47-4)31(19-22)41-49(5,45)46)40-35(44)39-29-12-13-32(26-9-7-6-8-25(26)29)48-24-14-15-38-23(20-24)16-21-10-11-27(34(42)43)28(37)17-21/h6-15,17-20,41H,16H2,1-5H3,(H,42,43)(H2,39,40,44). The molecule has 0 spiro atoms. The molecule has 4 aromatic carbocycles. The first-order valence-electron chi connectivity index (χ1n) is 15.1. The van der Waals surface area contributed by atoms with Crippen LogP contribution < -0.4 is 24.8 Å². The summed E-state index contributed by atoms with van der Waals surface area (Å²) in [6.07, 6.45) is 3.08. The number of carboxylic acids is 1. The summed E-state index contributed by atoms with van der Waals surface area (Å²) in [5.74, 6) is 0.150. The summed E-state index contributed by atoms with van der Waals surface area (Å²) in [4.78, 5) is 29.1. The molecule has 5 rings (SSSR count). The molecule has 13 heteroatoms. The average molecular weight is 703 g/mol. The van der Waals surface area contributed by atoms with Gasteiger partial charge in [-0.05, 0) is 59.0 Å². The number of carboxylic acid groups (broad SMARTS) is 1. The van der Waals surface area contributed by atoms with Gasteiger partial charge in [0.1, 0.15) is 11.5 Å². The molecule has 1 heterocycles. The highest BCUT2D eigenvalue weighted by atomic mass is 35.5. The molecular weight excluding hydrogens is 668 g/mol. The molecule has 2 amide bonds. The van der Waals surface area contributed by atoms with Gasteiger partial charge in [-0.3, -0.25) is 9.71 Å². The van der Waals surface area contributed by atoms with Gasteiger partial charge in [-0.1, -0.05) is 62.7 Å². The Labute approximate surface area is 289 Å². The number of sulfonamides is 1. The zero-order valence-electron chi connectivity index (χ0n) is 27.4. The Hall–Kier alpha value is -5.33. The number of nitrogens with zero attached hydrogens (tertiary/aromatic N) is 1. The van der Waals surface area contributed by atoms with Crippen LogP contribution in [0.25, 0.3) is 10.8 Å². The number of hydrogen-bond donors (Lipinski definition) is 4. The molecule has 0 fully saturated rings. The topological polar surface area (TPSA) is 156 Å². The van der Waals surface area contributed by atoms with Crippen LogP contribution in [0.1, 0.15) is 48.0 Å². The smallest absolute Gasteiger partial charge is 0.337 e. The van der Waals surface area contributed by atoms with E-state index < -0.39 is 22.0 Å². The highest BCUT2D eigenvalue weighted by Crippen LogP contribution is 2.40. The fraction of sp³-hybridized carbons (Fsp3) is 0.194. The van der Waals surface area contributed by atoms with Gasteiger partial charge in [0.25, 0.3) is 0 Å². The van der Waals surface area contributed by atoms with Crippen molar-refractivity contribution in [2.45, 2.75) is 32.6 Å². The van der Waals surface area contributed by atoms with E-state index in [0.717, 1.165) is 22.8 Å². The predicted molar refractivity (Wildman–Crippen MR) is 192 cm³/mol. The van der Waals surface area contributed by atoms with Crippen molar-refractivity contribution in [1.82, 2.24) is 4.98 Å². The molecule has 0 radical (unpaired) electrons. The number of benzene rings is 4. The molecular formula is C36H35ClN4O7S. The van der Waals surface area contributed by atoms with E-state index in [1.54, 1.807) is 54.7 Å². The maximum Gasteiger partial charge on any atom is 0.337 e. The summed E-state index contributed by atoms with van der Waals surface area (Å²) in [6.45, 7) is 5.93. The van der Waals surface area contributed by atoms with Crippen LogP contribution in [0.3, 0.4) is 0 Å². The summed E-state index contributed by atoms with van der Waals surface area (Å²) in [5, 5.41) is 16.6. The van der Waals surface area contributed by atoms with Gasteiger partial charge in [-0.2, -0.15) is 0 Å². The van der Waals surface area contributed by atoms with Crippen LogP contribution in [0.5, 0.6) is 17.2 Å². The van der Waals surface area contributed by atoms with Gasteiger partial charge in [-0.15, -0.1) is 0 Å². The number of nitrogens with one attached hydrogen (secondary N) is 3. The fourth-order valence-electron chi connectivity index (χ4n) is 5.19. The molecule has 0 unspecified atom stereocenters. The Bertz CT molecular complexity index is 2180. The van der Waals surface area contributed by atoms with Crippen LogP contribution in [-0.4, -0.2) is 43.9 Å². The van der Waals surface area contributed by atoms with Crippen molar-refractivity contribution in [2.75, 3.05) is 28.7 Å². The van der Waals surface area contributed by atoms with Crippen LogP contribution in [0.15, 0.2) is 85.1 Å². The minimum Gasteiger partial charge on any atom is -0.492 e. The highest BCUT2D eigenvalue weighted by Gasteiger charge is 2.22. The minimum atomic E-state index is -3.64. The number of urea groups is 1. The number of aromatic nitrogens is 1. The number of halogens is 1. The molecule has 4 N–H and O–H groups in total. The molecule has 0 saturated carbocycles. The van der Waals surface area contributed by atoms with Crippen molar-refractivity contribution in [3.8, 4) is 17.2 Å². The molecule has 0 saturated heterocycles. The molecule has 0 aliphatic carbocycles. The number of carbonyl (C=O) groups excluding carboxylic acids is 1. The van der Waals surface area contributed by atoms with Gasteiger partial charge in [0.15, 0.2) is 5.75 Å². The number of carbonyl (C=O) groups is 2. The van der Waals surface area contributed by atoms with E-state index in [2.05, 4.69) is 20.3 Å². The lowest BCUT2D eigenvalue weighted by atomic mass is 9.86. The summed E-state index contributed by atoms with van der Waals surface area (Å²) in [5.41, 5.74) is 2.94. The largest absolute Gasteiger partial charge is 0.492 e. The van der Waals surface area contributed by atoms with Crippen molar-refractivity contribution in [1.29, 1.82) is 0 Å². The summed E-state index contributed by atoms with van der Waals surface area (Å²) in [6, 6.07) is 22.1. The van der Waals surface area contributed by atoms with E-state index in [9.17, 15) is 23.1 Å². The Morgan fingerprint density at radius 3 is 2.24 bits per heavy atom. The van der Waals surface area contributed by atoms with Crippen molar-refractivity contribution in [3.63, 3.8) is 0 Å². The Morgan fingerprint density at radius 1 is 0.898 bits per heavy atom. The first kappa shape index (κ1) is 35.0. The molecule has 5 aromatic rings. The predicted octanol–water partition coefficient (Wildman–Crippen LogP) is 8.29. The van der Waals surface area contributed by atoms with Gasteiger partial charge in [0.05, 0.1) is 41.0 Å². The van der Waals surface area contributed by atoms with E-state index >= 15 is 0 Å². The Kier molecular flexibility index (Phi) is 10.0. The molecule has 0 atom stereocenters. The Balaban J connectivity index is 1.38. The quantitative estimate of drug-likeness (QED) is 0.113. The maximum atomic E-state index is 13.4. The SMILES string of the molecule is COc1c(NC(=O)Nc2ccc(Oc3ccnc(Cc4ccc(C(=O)O)c(Cl)c4)c3)c3ccccc23)cc(C(C)(C)C)cc1NS(C)(=O)=O. The second-order valence-electron chi connectivity index (χ2n) is 12.3. The number of amides is 2. The number of rotatable bonds is 10. The number of ether oxygens (including phenoxy) is 2. The first-order valence-corrected chi connectivity index (χ1v) is 17.3. The molecule has 11 nitrogen and oxygen atoms in total. The monoisotopic (exact) mass is 702 g/mol. The first-order chi connectivity index (χ1) is 23.1. The molecule has 0 aliphatic heterocycles. The molecule has 49 heavy (non-hydrogen) atoms. The van der Waals surface area contributed by atoms with Gasteiger partial charge in [0, 0.05) is 35.2 Å². The number of pyridine rings is 1. The van der Waals surface area contributed by atoms with Crippen molar-refractivity contribution >= 4 is 61.5 Å². The maximum absolute atomic E-state index is 13.4. The number of hydrogen-bond acceptors (Lipinski definition) is 7. The lowest BCUT2D eigenvalue weighted by Gasteiger charge is -2.24. The van der Waals surface area contributed by atoms with Gasteiger partial charge >= 0.3 is 12.0 Å². The zero-order valence-corrected chi connectivity index (χ0v) is 29.0. The minimum absolute atomic E-state index is 0.0308. The number of anilines is 3. The molecule has 254 valence electrons. The zero-order chi connectivity index (χ0) is 35.5. The number of fused-ring (bicyclic) bond motifs is 1. The average Bonchev–Trinajstić information content (AvgIpc) is 3.01. The van der Waals surface area contributed by atoms with Gasteiger partial charge in [-0.25, -0.2) is 18.0 Å². The molecule has 0 bridgehead atoms. The third kappa shape index (κ3) is 8.59. The normalized spacial score (nSPS) is 11.6. The van der Waals surface area contributed by atoms with Crippen molar-refractivity contribution in [2.24, 2.45) is 0 Å². The van der Waals surface area contributed by atoms with Crippen LogP contribution in [0, 0.1) is 0 Å².